The summed E-state index contributed by atoms with van der Waals surface area (Å²) < 4.78 is 0. The highest BCUT2D eigenvalue weighted by Gasteiger charge is 2.16. The Morgan fingerprint density at radius 1 is 1.29 bits per heavy atom. The van der Waals surface area contributed by atoms with Gasteiger partial charge in [0, 0.05) is 23.1 Å². The number of likely N-dealkylation sites (tertiary alicyclic amines) is 1. The molecule has 1 aliphatic heterocycles. The Bertz CT molecular complexity index is 467. The predicted octanol–water partition coefficient (Wildman–Crippen LogP) is 3.38. The maximum Gasteiger partial charge on any atom is 0.224 e. The van der Waals surface area contributed by atoms with Crippen molar-refractivity contribution in [3.63, 3.8) is 0 Å². The quantitative estimate of drug-likeness (QED) is 0.868. The number of hydrogen-bond donors (Lipinski definition) is 1. The number of nitrogens with zero attached hydrogens (tertiary/aromatic N) is 1. The van der Waals surface area contributed by atoms with Crippen molar-refractivity contribution < 1.29 is 4.79 Å². The molecular weight excluding hydrogens is 307 g/mol. The third-order valence-corrected chi connectivity index (χ3v) is 4.52. The summed E-state index contributed by atoms with van der Waals surface area (Å²) >= 11 is 12.2. The highest BCUT2D eigenvalue weighted by Crippen LogP contribution is 2.24. The SMILES string of the molecule is CC(CNC(=O)Cc1c(Cl)cccc1Cl)CN1CCCC1. The first-order valence-electron chi connectivity index (χ1n) is 7.48. The number of rotatable bonds is 6. The Morgan fingerprint density at radius 3 is 2.52 bits per heavy atom. The lowest BCUT2D eigenvalue weighted by atomic mass is 10.1. The molecule has 5 heteroatoms. The summed E-state index contributed by atoms with van der Waals surface area (Å²) in [5.41, 5.74) is 0.700. The third kappa shape index (κ3) is 5.17. The molecule has 0 aromatic heterocycles. The Morgan fingerprint density at radius 2 is 1.90 bits per heavy atom. The van der Waals surface area contributed by atoms with E-state index in [1.807, 2.05) is 0 Å². The lowest BCUT2D eigenvalue weighted by molar-refractivity contribution is -0.120. The Hall–Kier alpha value is -0.770. The van der Waals surface area contributed by atoms with Gasteiger partial charge < -0.3 is 10.2 Å². The van der Waals surface area contributed by atoms with Crippen LogP contribution >= 0.6 is 23.2 Å². The van der Waals surface area contributed by atoms with Crippen molar-refractivity contribution in [2.45, 2.75) is 26.2 Å². The van der Waals surface area contributed by atoms with E-state index >= 15 is 0 Å². The van der Waals surface area contributed by atoms with E-state index in [1.54, 1.807) is 18.2 Å². The van der Waals surface area contributed by atoms with Gasteiger partial charge in [0.1, 0.15) is 0 Å². The molecule has 1 amide bonds. The van der Waals surface area contributed by atoms with E-state index in [2.05, 4.69) is 17.1 Å². The number of hydrogen-bond acceptors (Lipinski definition) is 2. The van der Waals surface area contributed by atoms with Gasteiger partial charge >= 0.3 is 0 Å². The highest BCUT2D eigenvalue weighted by atomic mass is 35.5. The van der Waals surface area contributed by atoms with Gasteiger partial charge in [-0.2, -0.15) is 0 Å². The average molecular weight is 329 g/mol. The second-order valence-electron chi connectivity index (χ2n) is 5.79. The van der Waals surface area contributed by atoms with Crippen LogP contribution in [0.1, 0.15) is 25.3 Å². The molecule has 1 aromatic rings. The van der Waals surface area contributed by atoms with Crippen LogP contribution in [0.15, 0.2) is 18.2 Å². The van der Waals surface area contributed by atoms with Crippen molar-refractivity contribution in [1.82, 2.24) is 10.2 Å². The van der Waals surface area contributed by atoms with Crippen molar-refractivity contribution in [3.8, 4) is 0 Å². The Balaban J connectivity index is 1.76. The van der Waals surface area contributed by atoms with Crippen molar-refractivity contribution in [1.29, 1.82) is 0 Å². The molecule has 1 atom stereocenters. The average Bonchev–Trinajstić information content (AvgIpc) is 2.94. The number of halogens is 2. The molecule has 1 heterocycles. The highest BCUT2D eigenvalue weighted by molar-refractivity contribution is 6.36. The van der Waals surface area contributed by atoms with E-state index in [-0.39, 0.29) is 12.3 Å². The van der Waals surface area contributed by atoms with Crippen LogP contribution in [0.25, 0.3) is 0 Å². The molecule has 1 fully saturated rings. The van der Waals surface area contributed by atoms with E-state index < -0.39 is 0 Å². The largest absolute Gasteiger partial charge is 0.355 e. The van der Waals surface area contributed by atoms with Gasteiger partial charge in [-0.05, 0) is 49.5 Å². The van der Waals surface area contributed by atoms with Gasteiger partial charge in [0.15, 0.2) is 0 Å². The van der Waals surface area contributed by atoms with Crippen LogP contribution in [0.4, 0.5) is 0 Å². The molecule has 1 aliphatic rings. The van der Waals surface area contributed by atoms with Crippen molar-refractivity contribution in [2.75, 3.05) is 26.2 Å². The van der Waals surface area contributed by atoms with Gasteiger partial charge in [0.2, 0.25) is 5.91 Å². The number of amides is 1. The molecule has 2 rings (SSSR count). The van der Waals surface area contributed by atoms with Gasteiger partial charge in [-0.1, -0.05) is 36.2 Å². The number of benzene rings is 1. The molecule has 1 unspecified atom stereocenters. The van der Waals surface area contributed by atoms with Gasteiger partial charge in [-0.3, -0.25) is 4.79 Å². The van der Waals surface area contributed by atoms with Crippen LogP contribution in [0.3, 0.4) is 0 Å². The minimum atomic E-state index is -0.0294. The number of carbonyl (C=O) groups is 1. The molecule has 0 bridgehead atoms. The summed E-state index contributed by atoms with van der Waals surface area (Å²) in [6.07, 6.45) is 2.82. The fourth-order valence-corrected chi connectivity index (χ4v) is 3.21. The lowest BCUT2D eigenvalue weighted by Crippen LogP contribution is -2.35. The summed E-state index contributed by atoms with van der Waals surface area (Å²) in [5.74, 6) is 0.423. The van der Waals surface area contributed by atoms with E-state index in [4.69, 9.17) is 23.2 Å². The first-order valence-corrected chi connectivity index (χ1v) is 8.24. The fraction of sp³-hybridized carbons (Fsp3) is 0.562. The molecule has 0 radical (unpaired) electrons. The van der Waals surface area contributed by atoms with Crippen LogP contribution in [-0.4, -0.2) is 37.0 Å². The maximum atomic E-state index is 12.0. The topological polar surface area (TPSA) is 32.3 Å². The van der Waals surface area contributed by atoms with E-state index in [0.717, 1.165) is 6.54 Å². The zero-order chi connectivity index (χ0) is 15.2. The van der Waals surface area contributed by atoms with E-state index in [9.17, 15) is 4.79 Å². The molecule has 116 valence electrons. The Kier molecular flexibility index (Phi) is 6.34. The van der Waals surface area contributed by atoms with Crippen LogP contribution in [0.2, 0.25) is 10.0 Å². The van der Waals surface area contributed by atoms with Gasteiger partial charge in [0.25, 0.3) is 0 Å². The predicted molar refractivity (Wildman–Crippen MR) is 88.0 cm³/mol. The minimum absolute atomic E-state index is 0.0294. The molecule has 3 nitrogen and oxygen atoms in total. The maximum absolute atomic E-state index is 12.0. The first-order chi connectivity index (χ1) is 10.1. The summed E-state index contributed by atoms with van der Waals surface area (Å²) in [5, 5.41) is 4.06. The van der Waals surface area contributed by atoms with Crippen LogP contribution in [0, 0.1) is 5.92 Å². The standard InChI is InChI=1S/C16H22Cl2N2O/c1-12(11-20-7-2-3-8-20)10-19-16(21)9-13-14(17)5-4-6-15(13)18/h4-6,12H,2-3,7-11H2,1H3,(H,19,21). The normalized spacial score (nSPS) is 16.9. The summed E-state index contributed by atoms with van der Waals surface area (Å²) in [4.78, 5) is 14.5. The van der Waals surface area contributed by atoms with Gasteiger partial charge in [-0.25, -0.2) is 0 Å². The monoisotopic (exact) mass is 328 g/mol. The van der Waals surface area contributed by atoms with Gasteiger partial charge in [-0.15, -0.1) is 0 Å². The first kappa shape index (κ1) is 16.6. The summed E-state index contributed by atoms with van der Waals surface area (Å²) in [6.45, 7) is 6.28. The minimum Gasteiger partial charge on any atom is -0.355 e. The fourth-order valence-electron chi connectivity index (χ4n) is 2.68. The second kappa shape index (κ2) is 8.02. The zero-order valence-electron chi connectivity index (χ0n) is 12.4. The smallest absolute Gasteiger partial charge is 0.224 e. The molecular formula is C16H22Cl2N2O. The summed E-state index contributed by atoms with van der Waals surface area (Å²) in [7, 11) is 0. The van der Waals surface area contributed by atoms with Crippen LogP contribution in [0.5, 0.6) is 0 Å². The molecule has 0 spiro atoms. The third-order valence-electron chi connectivity index (χ3n) is 3.82. The Labute approximate surface area is 136 Å². The van der Waals surface area contributed by atoms with Gasteiger partial charge in [0.05, 0.1) is 6.42 Å². The summed E-state index contributed by atoms with van der Waals surface area (Å²) in [6, 6.07) is 5.29. The lowest BCUT2D eigenvalue weighted by Gasteiger charge is -2.20. The number of carbonyl (C=O) groups excluding carboxylic acids is 1. The van der Waals surface area contributed by atoms with Crippen LogP contribution < -0.4 is 5.32 Å². The van der Waals surface area contributed by atoms with E-state index in [1.165, 1.54) is 25.9 Å². The van der Waals surface area contributed by atoms with Crippen molar-refractivity contribution >= 4 is 29.1 Å². The molecule has 1 aromatic carbocycles. The van der Waals surface area contributed by atoms with Crippen LogP contribution in [-0.2, 0) is 11.2 Å². The van der Waals surface area contributed by atoms with Crippen molar-refractivity contribution in [2.24, 2.45) is 5.92 Å². The molecule has 0 aliphatic carbocycles. The number of nitrogens with one attached hydrogen (secondary N) is 1. The molecule has 1 saturated heterocycles. The molecule has 1 N–H and O–H groups in total. The molecule has 21 heavy (non-hydrogen) atoms. The second-order valence-corrected chi connectivity index (χ2v) is 6.61. The molecule has 0 saturated carbocycles. The van der Waals surface area contributed by atoms with E-state index in [0.29, 0.717) is 28.1 Å². The zero-order valence-corrected chi connectivity index (χ0v) is 13.9. The van der Waals surface area contributed by atoms with Crippen molar-refractivity contribution in [3.05, 3.63) is 33.8 Å².